The summed E-state index contributed by atoms with van der Waals surface area (Å²) >= 11 is 0. The zero-order valence-electron chi connectivity index (χ0n) is 10.6. The lowest BCUT2D eigenvalue weighted by Crippen LogP contribution is -2.35. The molecule has 1 aromatic carbocycles. The monoisotopic (exact) mass is 279 g/mol. The molecule has 0 saturated carbocycles. The fourth-order valence-corrected chi connectivity index (χ4v) is 1.81. The molecule has 0 aliphatic rings. The van der Waals surface area contributed by atoms with Crippen LogP contribution in [0.3, 0.4) is 0 Å². The van der Waals surface area contributed by atoms with Crippen LogP contribution in [0.1, 0.15) is 25.0 Å². The van der Waals surface area contributed by atoms with Gasteiger partial charge in [-0.1, -0.05) is 25.1 Å². The van der Waals surface area contributed by atoms with E-state index in [4.69, 9.17) is 0 Å². The third kappa shape index (κ3) is 5.57. The quantitative estimate of drug-likeness (QED) is 0.809. The van der Waals surface area contributed by atoms with E-state index in [1.165, 1.54) is 23.1 Å². The number of alkyl halides is 3. The molecule has 0 aliphatic carbocycles. The molecule has 1 atom stereocenters. The lowest BCUT2D eigenvalue weighted by molar-refractivity contribution is -0.146. The van der Waals surface area contributed by atoms with E-state index in [1.54, 1.807) is 13.0 Å². The molecule has 19 heavy (non-hydrogen) atoms. The Hall–Kier alpha value is -1.14. The van der Waals surface area contributed by atoms with Crippen molar-refractivity contribution >= 4 is 0 Å². The Morgan fingerprint density at radius 3 is 2.42 bits per heavy atom. The van der Waals surface area contributed by atoms with Crippen LogP contribution in [0.25, 0.3) is 0 Å². The molecule has 1 aromatic rings. The Morgan fingerprint density at radius 2 is 1.89 bits per heavy atom. The van der Waals surface area contributed by atoms with E-state index < -0.39 is 24.6 Å². The predicted molar refractivity (Wildman–Crippen MR) is 64.1 cm³/mol. The van der Waals surface area contributed by atoms with Gasteiger partial charge in [-0.25, -0.2) is 4.39 Å². The minimum atomic E-state index is -4.26. The Balaban J connectivity index is 2.53. The fourth-order valence-electron chi connectivity index (χ4n) is 1.81. The molecule has 0 aromatic heterocycles. The van der Waals surface area contributed by atoms with Crippen LogP contribution in [-0.2, 0) is 0 Å². The van der Waals surface area contributed by atoms with E-state index >= 15 is 0 Å². The van der Waals surface area contributed by atoms with E-state index in [2.05, 4.69) is 0 Å². The van der Waals surface area contributed by atoms with Crippen LogP contribution in [0.2, 0.25) is 0 Å². The van der Waals surface area contributed by atoms with Crippen LogP contribution in [-0.4, -0.2) is 35.8 Å². The van der Waals surface area contributed by atoms with Crippen molar-refractivity contribution in [3.05, 3.63) is 35.6 Å². The summed E-state index contributed by atoms with van der Waals surface area (Å²) in [5.74, 6) is -0.547. The minimum Gasteiger partial charge on any atom is -0.388 e. The first kappa shape index (κ1) is 15.9. The summed E-state index contributed by atoms with van der Waals surface area (Å²) in [4.78, 5) is 1.17. The van der Waals surface area contributed by atoms with Crippen LogP contribution in [0.4, 0.5) is 17.6 Å². The smallest absolute Gasteiger partial charge is 0.388 e. The van der Waals surface area contributed by atoms with Crippen molar-refractivity contribution in [1.29, 1.82) is 0 Å². The molecule has 1 unspecified atom stereocenters. The second-order valence-electron chi connectivity index (χ2n) is 4.31. The van der Waals surface area contributed by atoms with Crippen LogP contribution in [0, 0.1) is 5.82 Å². The van der Waals surface area contributed by atoms with Gasteiger partial charge in [-0.05, 0) is 19.0 Å². The maximum absolute atomic E-state index is 13.4. The molecule has 108 valence electrons. The molecule has 0 fully saturated rings. The van der Waals surface area contributed by atoms with Gasteiger partial charge < -0.3 is 5.11 Å². The van der Waals surface area contributed by atoms with Gasteiger partial charge in [-0.2, -0.15) is 13.2 Å². The van der Waals surface area contributed by atoms with Gasteiger partial charge in [-0.3, -0.25) is 4.90 Å². The molecule has 1 rings (SSSR count). The van der Waals surface area contributed by atoms with Crippen LogP contribution in [0.15, 0.2) is 24.3 Å². The second-order valence-corrected chi connectivity index (χ2v) is 4.31. The SMILES string of the molecule is CCN(CCC(O)c1ccccc1F)CC(F)(F)F. The van der Waals surface area contributed by atoms with Crippen molar-refractivity contribution in [1.82, 2.24) is 4.90 Å². The first-order valence-electron chi connectivity index (χ1n) is 6.05. The summed E-state index contributed by atoms with van der Waals surface area (Å²) in [6.45, 7) is 0.879. The largest absolute Gasteiger partial charge is 0.401 e. The van der Waals surface area contributed by atoms with Gasteiger partial charge in [0.2, 0.25) is 0 Å². The summed E-state index contributed by atoms with van der Waals surface area (Å²) in [6, 6.07) is 5.72. The topological polar surface area (TPSA) is 23.5 Å². The molecule has 0 radical (unpaired) electrons. The van der Waals surface area contributed by atoms with Gasteiger partial charge in [-0.15, -0.1) is 0 Å². The number of hydrogen-bond donors (Lipinski definition) is 1. The average Bonchev–Trinajstić information content (AvgIpc) is 2.33. The van der Waals surface area contributed by atoms with Gasteiger partial charge in [0.1, 0.15) is 5.82 Å². The highest BCUT2D eigenvalue weighted by Crippen LogP contribution is 2.21. The molecule has 6 heteroatoms. The van der Waals surface area contributed by atoms with Crippen LogP contribution < -0.4 is 0 Å². The van der Waals surface area contributed by atoms with Gasteiger partial charge in [0.25, 0.3) is 0 Å². The Morgan fingerprint density at radius 1 is 1.26 bits per heavy atom. The first-order chi connectivity index (χ1) is 8.83. The predicted octanol–water partition coefficient (Wildman–Crippen LogP) is 3.13. The normalized spacial score (nSPS) is 13.8. The van der Waals surface area contributed by atoms with E-state index in [-0.39, 0.29) is 25.1 Å². The molecular formula is C13H17F4NO. The average molecular weight is 279 g/mol. The number of hydrogen-bond acceptors (Lipinski definition) is 2. The third-order valence-electron chi connectivity index (χ3n) is 2.83. The maximum Gasteiger partial charge on any atom is 0.401 e. The maximum atomic E-state index is 13.4. The Bertz CT molecular complexity index is 394. The van der Waals surface area contributed by atoms with Gasteiger partial charge in [0.05, 0.1) is 12.6 Å². The Labute approximate surface area is 109 Å². The number of halogens is 4. The highest BCUT2D eigenvalue weighted by molar-refractivity contribution is 5.19. The summed E-state index contributed by atoms with van der Waals surface area (Å²) in [6.07, 6.45) is -5.30. The number of nitrogens with zero attached hydrogens (tertiary/aromatic N) is 1. The zero-order valence-corrected chi connectivity index (χ0v) is 10.6. The van der Waals surface area contributed by atoms with Crippen molar-refractivity contribution in [2.75, 3.05) is 19.6 Å². The highest BCUT2D eigenvalue weighted by Gasteiger charge is 2.30. The van der Waals surface area contributed by atoms with Crippen molar-refractivity contribution in [2.45, 2.75) is 25.6 Å². The summed E-state index contributed by atoms with van der Waals surface area (Å²) in [7, 11) is 0. The summed E-state index contributed by atoms with van der Waals surface area (Å²) in [5, 5.41) is 9.80. The molecule has 0 spiro atoms. The van der Waals surface area contributed by atoms with E-state index in [0.29, 0.717) is 0 Å². The third-order valence-corrected chi connectivity index (χ3v) is 2.83. The van der Waals surface area contributed by atoms with E-state index in [0.717, 1.165) is 0 Å². The first-order valence-corrected chi connectivity index (χ1v) is 6.05. The fraction of sp³-hybridized carbons (Fsp3) is 0.538. The molecule has 0 heterocycles. The highest BCUT2D eigenvalue weighted by atomic mass is 19.4. The van der Waals surface area contributed by atoms with Crippen molar-refractivity contribution in [2.24, 2.45) is 0 Å². The van der Waals surface area contributed by atoms with Crippen LogP contribution in [0.5, 0.6) is 0 Å². The van der Waals surface area contributed by atoms with Crippen molar-refractivity contribution in [3.8, 4) is 0 Å². The van der Waals surface area contributed by atoms with E-state index in [9.17, 15) is 22.7 Å². The minimum absolute atomic E-state index is 0.0604. The number of benzene rings is 1. The summed E-state index contributed by atoms with van der Waals surface area (Å²) in [5.41, 5.74) is 0.116. The molecule has 0 amide bonds. The standard InChI is InChI=1S/C13H17F4NO/c1-2-18(9-13(15,16)17)8-7-12(19)10-5-3-4-6-11(10)14/h3-6,12,19H,2,7-9H2,1H3. The van der Waals surface area contributed by atoms with E-state index in [1.807, 2.05) is 0 Å². The Kier molecular flexibility index (Phi) is 5.75. The molecule has 0 aliphatic heterocycles. The number of aliphatic hydroxyl groups is 1. The number of rotatable bonds is 6. The van der Waals surface area contributed by atoms with Gasteiger partial charge >= 0.3 is 6.18 Å². The second kappa shape index (κ2) is 6.86. The lowest BCUT2D eigenvalue weighted by Gasteiger charge is -2.23. The van der Waals surface area contributed by atoms with Crippen LogP contribution >= 0.6 is 0 Å². The summed E-state index contributed by atoms with van der Waals surface area (Å²) < 4.78 is 50.1. The lowest BCUT2D eigenvalue weighted by atomic mass is 10.1. The van der Waals surface area contributed by atoms with Gasteiger partial charge in [0.15, 0.2) is 0 Å². The molecule has 2 nitrogen and oxygen atoms in total. The zero-order chi connectivity index (χ0) is 14.5. The molecule has 0 bridgehead atoms. The molecule has 0 saturated heterocycles. The van der Waals surface area contributed by atoms with Crippen molar-refractivity contribution in [3.63, 3.8) is 0 Å². The van der Waals surface area contributed by atoms with Gasteiger partial charge in [0, 0.05) is 12.1 Å². The van der Waals surface area contributed by atoms with Crippen molar-refractivity contribution < 1.29 is 22.7 Å². The molecular weight excluding hydrogens is 262 g/mol. The molecule has 1 N–H and O–H groups in total. The number of aliphatic hydroxyl groups excluding tert-OH is 1.